The van der Waals surface area contributed by atoms with Crippen molar-refractivity contribution in [1.82, 2.24) is 0 Å². The first kappa shape index (κ1) is 19.4. The van der Waals surface area contributed by atoms with Gasteiger partial charge in [0.25, 0.3) is 5.91 Å². The zero-order chi connectivity index (χ0) is 20.3. The van der Waals surface area contributed by atoms with E-state index in [9.17, 15) is 14.7 Å². The van der Waals surface area contributed by atoms with E-state index in [-0.39, 0.29) is 11.5 Å². The number of esters is 1. The molecule has 146 valence electrons. The number of anilines is 1. The molecule has 3 atom stereocenters. The predicted octanol–water partition coefficient (Wildman–Crippen LogP) is 1.95. The fourth-order valence-corrected chi connectivity index (χ4v) is 3.06. The van der Waals surface area contributed by atoms with Gasteiger partial charge in [-0.2, -0.15) is 0 Å². The third-order valence-corrected chi connectivity index (χ3v) is 4.57. The highest BCUT2D eigenvalue weighted by molar-refractivity contribution is 6.06. The van der Waals surface area contributed by atoms with Crippen molar-refractivity contribution >= 4 is 17.6 Å². The molecule has 3 rings (SSSR count). The minimum atomic E-state index is -1.36. The van der Waals surface area contributed by atoms with E-state index in [1.54, 1.807) is 55.6 Å². The molecule has 1 saturated heterocycles. The Morgan fingerprint density at radius 1 is 1.07 bits per heavy atom. The summed E-state index contributed by atoms with van der Waals surface area (Å²) in [5, 5.41) is 10.7. The second-order valence-electron chi connectivity index (χ2n) is 6.21. The van der Waals surface area contributed by atoms with Crippen LogP contribution in [0.15, 0.2) is 66.7 Å². The summed E-state index contributed by atoms with van der Waals surface area (Å²) < 4.78 is 15.6. The molecule has 0 radical (unpaired) electrons. The van der Waals surface area contributed by atoms with Crippen molar-refractivity contribution in [3.05, 3.63) is 66.7 Å². The number of para-hydroxylation sites is 1. The predicted molar refractivity (Wildman–Crippen MR) is 102 cm³/mol. The van der Waals surface area contributed by atoms with E-state index < -0.39 is 24.2 Å². The molecule has 28 heavy (non-hydrogen) atoms. The van der Waals surface area contributed by atoms with Crippen LogP contribution >= 0.6 is 0 Å². The van der Waals surface area contributed by atoms with E-state index in [0.717, 1.165) is 0 Å². The van der Waals surface area contributed by atoms with Crippen molar-refractivity contribution in [2.75, 3.05) is 19.1 Å². The Balaban J connectivity index is 1.90. The number of hydrogen-bond acceptors (Lipinski definition) is 6. The topological polar surface area (TPSA) is 85.3 Å². The van der Waals surface area contributed by atoms with Crippen LogP contribution in [0, 0.1) is 0 Å². The number of methoxy groups -OCH3 is 2. The second kappa shape index (κ2) is 8.14. The smallest absolute Gasteiger partial charge is 0.335 e. The van der Waals surface area contributed by atoms with Crippen LogP contribution in [-0.2, 0) is 14.3 Å². The van der Waals surface area contributed by atoms with Crippen molar-refractivity contribution in [1.29, 1.82) is 0 Å². The van der Waals surface area contributed by atoms with Crippen LogP contribution in [0.2, 0.25) is 0 Å². The molecule has 0 spiro atoms. The number of benzene rings is 2. The van der Waals surface area contributed by atoms with Gasteiger partial charge in [-0.3, -0.25) is 9.69 Å². The molecular formula is C21H21NO6. The van der Waals surface area contributed by atoms with Crippen LogP contribution in [0.3, 0.4) is 0 Å². The number of rotatable bonds is 7. The largest absolute Gasteiger partial charge is 0.497 e. The summed E-state index contributed by atoms with van der Waals surface area (Å²) in [5.74, 6) is 0.0247. The summed E-state index contributed by atoms with van der Waals surface area (Å²) >= 11 is 0. The van der Waals surface area contributed by atoms with E-state index in [2.05, 4.69) is 11.3 Å². The molecule has 2 aromatic rings. The van der Waals surface area contributed by atoms with Gasteiger partial charge in [-0.1, -0.05) is 24.8 Å². The molecule has 0 unspecified atom stereocenters. The first-order valence-corrected chi connectivity index (χ1v) is 8.62. The maximum atomic E-state index is 12.8. The van der Waals surface area contributed by atoms with Gasteiger partial charge in [-0.15, -0.1) is 0 Å². The molecule has 7 nitrogen and oxygen atoms in total. The van der Waals surface area contributed by atoms with Gasteiger partial charge in [0.15, 0.2) is 0 Å². The van der Waals surface area contributed by atoms with Gasteiger partial charge in [0.1, 0.15) is 23.6 Å². The molecule has 1 aliphatic heterocycles. The number of ether oxygens (including phenoxy) is 3. The van der Waals surface area contributed by atoms with Gasteiger partial charge in [0.2, 0.25) is 6.10 Å². The number of carbonyl (C=O) groups is 2. The van der Waals surface area contributed by atoms with Crippen molar-refractivity contribution in [3.63, 3.8) is 0 Å². The minimum absolute atomic E-state index is 0.153. The number of nitrogens with zero attached hydrogens (tertiary/aromatic N) is 1. The molecule has 0 saturated carbocycles. The Hall–Kier alpha value is -3.32. The van der Waals surface area contributed by atoms with Crippen LogP contribution < -0.4 is 14.4 Å². The van der Waals surface area contributed by atoms with Crippen molar-refractivity contribution < 1.29 is 28.9 Å². The molecule has 0 bridgehead atoms. The summed E-state index contributed by atoms with van der Waals surface area (Å²) in [6.07, 6.45) is -2.33. The van der Waals surface area contributed by atoms with E-state index >= 15 is 0 Å². The fourth-order valence-electron chi connectivity index (χ4n) is 3.06. The monoisotopic (exact) mass is 383 g/mol. The first-order chi connectivity index (χ1) is 13.5. The zero-order valence-corrected chi connectivity index (χ0v) is 15.6. The molecule has 1 fully saturated rings. The Morgan fingerprint density at radius 3 is 2.29 bits per heavy atom. The summed E-state index contributed by atoms with van der Waals surface area (Å²) in [6.45, 7) is 3.61. The second-order valence-corrected chi connectivity index (χ2v) is 6.21. The maximum Gasteiger partial charge on any atom is 0.335 e. The Morgan fingerprint density at radius 2 is 1.71 bits per heavy atom. The molecule has 2 aromatic carbocycles. The maximum absolute atomic E-state index is 12.8. The number of β-lactam (4-membered cyclic amide) rings is 1. The summed E-state index contributed by atoms with van der Waals surface area (Å²) in [4.78, 5) is 26.0. The lowest BCUT2D eigenvalue weighted by molar-refractivity contribution is -0.142. The highest BCUT2D eigenvalue weighted by atomic mass is 16.5. The first-order valence-electron chi connectivity index (χ1n) is 8.62. The van der Waals surface area contributed by atoms with E-state index in [0.29, 0.717) is 17.2 Å². The highest BCUT2D eigenvalue weighted by Gasteiger charge is 2.55. The molecule has 1 N–H and O–H groups in total. The SMILES string of the molecule is C=C(C(=O)OC)[C@H](O)[C@@H]1[C@@H](Oc2ccccc2)C(=O)N1c1ccc(OC)cc1. The van der Waals surface area contributed by atoms with Gasteiger partial charge in [-0.05, 0) is 36.4 Å². The highest BCUT2D eigenvalue weighted by Crippen LogP contribution is 2.35. The molecule has 0 aliphatic carbocycles. The van der Waals surface area contributed by atoms with Crippen molar-refractivity contribution in [2.45, 2.75) is 18.2 Å². The Kier molecular flexibility index (Phi) is 5.65. The lowest BCUT2D eigenvalue weighted by atomic mass is 9.88. The van der Waals surface area contributed by atoms with E-state index in [1.807, 2.05) is 6.07 Å². The van der Waals surface area contributed by atoms with Gasteiger partial charge in [-0.25, -0.2) is 4.79 Å². The number of amides is 1. The van der Waals surface area contributed by atoms with Crippen LogP contribution in [0.5, 0.6) is 11.5 Å². The van der Waals surface area contributed by atoms with Crippen LogP contribution in [0.1, 0.15) is 0 Å². The average molecular weight is 383 g/mol. The standard InChI is InChI=1S/C21H21NO6/c1-13(21(25)27-3)18(23)17-19(28-16-7-5-4-6-8-16)20(24)22(17)14-9-11-15(26-2)12-10-14/h4-12,17-19,23H,1H2,2-3H3/t17-,18+,19-/m1/s1. The minimum Gasteiger partial charge on any atom is -0.497 e. The van der Waals surface area contributed by atoms with Gasteiger partial charge < -0.3 is 19.3 Å². The normalized spacial score (nSPS) is 19.4. The Bertz CT molecular complexity index is 864. The molecular weight excluding hydrogens is 362 g/mol. The van der Waals surface area contributed by atoms with Gasteiger partial charge >= 0.3 is 5.97 Å². The Labute approximate surface area is 162 Å². The average Bonchev–Trinajstić information content (AvgIpc) is 2.74. The zero-order valence-electron chi connectivity index (χ0n) is 15.6. The summed E-state index contributed by atoms with van der Waals surface area (Å²) in [7, 11) is 2.74. The van der Waals surface area contributed by atoms with Crippen LogP contribution in [0.4, 0.5) is 5.69 Å². The number of carbonyl (C=O) groups excluding carboxylic acids is 2. The lowest BCUT2D eigenvalue weighted by Crippen LogP contribution is -2.72. The third-order valence-electron chi connectivity index (χ3n) is 4.57. The summed E-state index contributed by atoms with van der Waals surface area (Å²) in [5.41, 5.74) is 0.389. The van der Waals surface area contributed by atoms with E-state index in [1.165, 1.54) is 12.0 Å². The number of hydrogen-bond donors (Lipinski definition) is 1. The van der Waals surface area contributed by atoms with Crippen LogP contribution in [0.25, 0.3) is 0 Å². The van der Waals surface area contributed by atoms with Crippen LogP contribution in [-0.4, -0.2) is 49.5 Å². The molecule has 1 aliphatic rings. The third kappa shape index (κ3) is 3.57. The number of aliphatic hydroxyl groups is 1. The van der Waals surface area contributed by atoms with Crippen molar-refractivity contribution in [2.24, 2.45) is 0 Å². The quantitative estimate of drug-likeness (QED) is 0.447. The van der Waals surface area contributed by atoms with Gasteiger partial charge in [0.05, 0.1) is 19.8 Å². The molecule has 1 amide bonds. The molecule has 7 heteroatoms. The summed E-state index contributed by atoms with van der Waals surface area (Å²) in [6, 6.07) is 14.7. The fraction of sp³-hybridized carbons (Fsp3) is 0.238. The molecule has 0 aromatic heterocycles. The van der Waals surface area contributed by atoms with Crippen molar-refractivity contribution in [3.8, 4) is 11.5 Å². The molecule has 1 heterocycles. The number of aliphatic hydroxyl groups excluding tert-OH is 1. The lowest BCUT2D eigenvalue weighted by Gasteiger charge is -2.48. The van der Waals surface area contributed by atoms with E-state index in [4.69, 9.17) is 9.47 Å². The van der Waals surface area contributed by atoms with Gasteiger partial charge in [0, 0.05) is 5.69 Å².